The van der Waals surface area contributed by atoms with E-state index >= 15 is 0 Å². The van der Waals surface area contributed by atoms with Crippen LogP contribution in [0.5, 0.6) is 0 Å². The quantitative estimate of drug-likeness (QED) is 0.483. The molecule has 3 amide bonds. The van der Waals surface area contributed by atoms with Gasteiger partial charge in [-0.3, -0.25) is 4.79 Å². The Hall–Kier alpha value is -2.00. The summed E-state index contributed by atoms with van der Waals surface area (Å²) in [7, 11) is 0. The number of alkyl halides is 3. The molecule has 0 aliphatic carbocycles. The van der Waals surface area contributed by atoms with E-state index in [9.17, 15) is 27.6 Å². The Morgan fingerprint density at radius 3 is 2.30 bits per heavy atom. The lowest BCUT2D eigenvalue weighted by Gasteiger charge is -2.14. The molecule has 20 heavy (non-hydrogen) atoms. The van der Waals surface area contributed by atoms with E-state index in [0.29, 0.717) is 0 Å². The number of nitrogens with one attached hydrogen (secondary N) is 2. The molecule has 0 aromatic carbocycles. The smallest absolute Gasteiger partial charge is 0.389 e. The number of carbonyl (C=O) groups excluding carboxylic acids is 2. The van der Waals surface area contributed by atoms with Crippen LogP contribution in [0.25, 0.3) is 0 Å². The van der Waals surface area contributed by atoms with Gasteiger partial charge in [-0.15, -0.1) is 0 Å². The molecule has 0 aliphatic heterocycles. The predicted octanol–water partition coefficient (Wildman–Crippen LogP) is 0.347. The SMILES string of the molecule is NC(=O)CC[C@H](NC(=O)NCCCC(F)(F)F)C(=O)O. The molecule has 0 saturated carbocycles. The largest absolute Gasteiger partial charge is 0.480 e. The summed E-state index contributed by atoms with van der Waals surface area (Å²) in [5.41, 5.74) is 4.84. The third kappa shape index (κ3) is 9.97. The Bertz CT molecular complexity index is 360. The average molecular weight is 299 g/mol. The number of carboxylic acid groups (broad SMARTS) is 1. The van der Waals surface area contributed by atoms with Gasteiger partial charge >= 0.3 is 18.2 Å². The van der Waals surface area contributed by atoms with E-state index in [0.717, 1.165) is 0 Å². The topological polar surface area (TPSA) is 122 Å². The van der Waals surface area contributed by atoms with Crippen molar-refractivity contribution in [1.82, 2.24) is 10.6 Å². The summed E-state index contributed by atoms with van der Waals surface area (Å²) in [4.78, 5) is 32.5. The highest BCUT2D eigenvalue weighted by Gasteiger charge is 2.26. The van der Waals surface area contributed by atoms with Crippen molar-refractivity contribution in [2.24, 2.45) is 5.73 Å². The van der Waals surface area contributed by atoms with E-state index in [1.165, 1.54) is 0 Å². The number of nitrogens with two attached hydrogens (primary N) is 1. The number of aliphatic carboxylic acids is 1. The van der Waals surface area contributed by atoms with Crippen LogP contribution in [0.2, 0.25) is 0 Å². The summed E-state index contributed by atoms with van der Waals surface area (Å²) in [6, 6.07) is -2.24. The molecule has 7 nitrogen and oxygen atoms in total. The molecular formula is C10H16F3N3O4. The molecule has 1 atom stereocenters. The van der Waals surface area contributed by atoms with E-state index in [2.05, 4.69) is 5.32 Å². The molecule has 0 aromatic rings. The summed E-state index contributed by atoms with van der Waals surface area (Å²) >= 11 is 0. The number of rotatable bonds is 8. The van der Waals surface area contributed by atoms with Gasteiger partial charge in [-0.1, -0.05) is 0 Å². The first-order valence-corrected chi connectivity index (χ1v) is 5.74. The molecule has 0 saturated heterocycles. The third-order valence-electron chi connectivity index (χ3n) is 2.21. The highest BCUT2D eigenvalue weighted by Crippen LogP contribution is 2.20. The summed E-state index contributed by atoms with van der Waals surface area (Å²) in [5.74, 6) is -2.08. The number of primary amides is 1. The number of carbonyl (C=O) groups is 3. The van der Waals surface area contributed by atoms with Crippen LogP contribution in [0, 0.1) is 0 Å². The molecule has 0 rings (SSSR count). The molecule has 116 valence electrons. The zero-order valence-electron chi connectivity index (χ0n) is 10.5. The molecule has 0 heterocycles. The van der Waals surface area contributed by atoms with Crippen LogP contribution in [0.3, 0.4) is 0 Å². The molecule has 0 radical (unpaired) electrons. The molecule has 5 N–H and O–H groups in total. The van der Waals surface area contributed by atoms with Crippen molar-refractivity contribution < 1.29 is 32.7 Å². The fourth-order valence-electron chi connectivity index (χ4n) is 1.24. The van der Waals surface area contributed by atoms with E-state index in [1.807, 2.05) is 5.32 Å². The second kappa shape index (κ2) is 8.23. The standard InChI is InChI=1S/C10H16F3N3O4/c11-10(12,13)4-1-5-15-9(20)16-6(8(18)19)2-3-7(14)17/h6H,1-5H2,(H2,14,17)(H,18,19)(H2,15,16,20)/t6-/m0/s1. The second-order valence-electron chi connectivity index (χ2n) is 4.01. The molecular weight excluding hydrogens is 283 g/mol. The first-order chi connectivity index (χ1) is 9.11. The monoisotopic (exact) mass is 299 g/mol. The molecule has 0 fully saturated rings. The fourth-order valence-corrected chi connectivity index (χ4v) is 1.24. The van der Waals surface area contributed by atoms with Crippen molar-refractivity contribution in [3.8, 4) is 0 Å². The summed E-state index contributed by atoms with van der Waals surface area (Å²) < 4.78 is 35.5. The Labute approximate surface area is 112 Å². The van der Waals surface area contributed by atoms with Gasteiger partial charge in [-0.25, -0.2) is 9.59 Å². The van der Waals surface area contributed by atoms with Crippen molar-refractivity contribution in [1.29, 1.82) is 0 Å². The maximum Gasteiger partial charge on any atom is 0.389 e. The van der Waals surface area contributed by atoms with Gasteiger partial charge in [0.1, 0.15) is 6.04 Å². The zero-order valence-corrected chi connectivity index (χ0v) is 10.5. The Morgan fingerprint density at radius 1 is 1.25 bits per heavy atom. The maximum absolute atomic E-state index is 11.8. The molecule has 0 spiro atoms. The van der Waals surface area contributed by atoms with Crippen molar-refractivity contribution in [3.63, 3.8) is 0 Å². The minimum atomic E-state index is -4.30. The van der Waals surface area contributed by atoms with Crippen molar-refractivity contribution in [2.45, 2.75) is 37.9 Å². The number of hydrogen-bond acceptors (Lipinski definition) is 3. The van der Waals surface area contributed by atoms with Crippen molar-refractivity contribution >= 4 is 17.9 Å². The molecule has 0 unspecified atom stereocenters. The van der Waals surface area contributed by atoms with Crippen LogP contribution in [-0.4, -0.2) is 41.8 Å². The third-order valence-corrected chi connectivity index (χ3v) is 2.21. The molecule has 0 aromatic heterocycles. The van der Waals surface area contributed by atoms with Crippen molar-refractivity contribution in [2.75, 3.05) is 6.54 Å². The normalized spacial score (nSPS) is 12.6. The van der Waals surface area contributed by atoms with Crippen molar-refractivity contribution in [3.05, 3.63) is 0 Å². The van der Waals surface area contributed by atoms with Crippen LogP contribution >= 0.6 is 0 Å². The van der Waals surface area contributed by atoms with Gasteiger partial charge in [0.05, 0.1) is 0 Å². The zero-order chi connectivity index (χ0) is 15.8. The van der Waals surface area contributed by atoms with E-state index < -0.39 is 36.5 Å². The van der Waals surface area contributed by atoms with Gasteiger partial charge in [0.25, 0.3) is 0 Å². The fraction of sp³-hybridized carbons (Fsp3) is 0.700. The Morgan fingerprint density at radius 2 is 1.85 bits per heavy atom. The van der Waals surface area contributed by atoms with Gasteiger partial charge in [0, 0.05) is 19.4 Å². The minimum Gasteiger partial charge on any atom is -0.480 e. The lowest BCUT2D eigenvalue weighted by Crippen LogP contribution is -2.46. The highest BCUT2D eigenvalue weighted by atomic mass is 19.4. The average Bonchev–Trinajstić information content (AvgIpc) is 2.28. The minimum absolute atomic E-state index is 0.194. The number of amides is 3. The van der Waals surface area contributed by atoms with Gasteiger partial charge in [-0.2, -0.15) is 13.2 Å². The van der Waals surface area contributed by atoms with Crippen LogP contribution in [-0.2, 0) is 9.59 Å². The molecule has 0 bridgehead atoms. The first kappa shape index (κ1) is 18.0. The van der Waals surface area contributed by atoms with Gasteiger partial charge in [-0.05, 0) is 12.8 Å². The Kier molecular flexibility index (Phi) is 7.40. The Balaban J connectivity index is 4.01. The van der Waals surface area contributed by atoms with E-state index in [4.69, 9.17) is 10.8 Å². The van der Waals surface area contributed by atoms with Crippen LogP contribution in [0.15, 0.2) is 0 Å². The summed E-state index contributed by atoms with van der Waals surface area (Å²) in [5, 5.41) is 12.9. The number of carboxylic acids is 1. The molecule has 10 heteroatoms. The van der Waals surface area contributed by atoms with E-state index in [1.54, 1.807) is 0 Å². The summed E-state index contributed by atoms with van der Waals surface area (Å²) in [6.07, 6.45) is -6.08. The molecule has 0 aliphatic rings. The van der Waals surface area contributed by atoms with Gasteiger partial charge in [0.2, 0.25) is 5.91 Å². The second-order valence-corrected chi connectivity index (χ2v) is 4.01. The lowest BCUT2D eigenvalue weighted by molar-refractivity contribution is -0.139. The highest BCUT2D eigenvalue weighted by molar-refractivity contribution is 5.83. The van der Waals surface area contributed by atoms with Crippen LogP contribution in [0.1, 0.15) is 25.7 Å². The van der Waals surface area contributed by atoms with Crippen LogP contribution in [0.4, 0.5) is 18.0 Å². The lowest BCUT2D eigenvalue weighted by atomic mass is 10.1. The predicted molar refractivity (Wildman–Crippen MR) is 61.7 cm³/mol. The summed E-state index contributed by atoms with van der Waals surface area (Å²) in [6.45, 7) is -0.243. The van der Waals surface area contributed by atoms with E-state index in [-0.39, 0.29) is 25.8 Å². The first-order valence-electron chi connectivity index (χ1n) is 5.74. The van der Waals surface area contributed by atoms with Gasteiger partial charge in [0.15, 0.2) is 0 Å². The number of halogens is 3. The van der Waals surface area contributed by atoms with Crippen LogP contribution < -0.4 is 16.4 Å². The number of hydrogen-bond donors (Lipinski definition) is 4. The maximum atomic E-state index is 11.8. The number of urea groups is 1. The van der Waals surface area contributed by atoms with Gasteiger partial charge < -0.3 is 21.5 Å².